The van der Waals surface area contributed by atoms with E-state index >= 15 is 0 Å². The SMILES string of the molecule is Cc1ccc(CN(CC(=O)NC2CCCCC2C)Cc2ccco2)s1. The number of aryl methyl sites for hydroxylation is 1. The maximum absolute atomic E-state index is 12.6. The Morgan fingerprint density at radius 2 is 2.12 bits per heavy atom. The molecule has 1 aliphatic carbocycles. The van der Waals surface area contributed by atoms with Crippen molar-refractivity contribution in [3.8, 4) is 0 Å². The first-order chi connectivity index (χ1) is 12.1. The van der Waals surface area contributed by atoms with Crippen LogP contribution < -0.4 is 5.32 Å². The molecule has 1 N–H and O–H groups in total. The van der Waals surface area contributed by atoms with Crippen LogP contribution in [-0.4, -0.2) is 23.4 Å². The first-order valence-corrected chi connectivity index (χ1v) is 10.0. The van der Waals surface area contributed by atoms with Crippen LogP contribution in [0.2, 0.25) is 0 Å². The van der Waals surface area contributed by atoms with Gasteiger partial charge in [-0.2, -0.15) is 0 Å². The highest BCUT2D eigenvalue weighted by molar-refractivity contribution is 7.11. The third kappa shape index (κ3) is 5.44. The maximum Gasteiger partial charge on any atom is 0.234 e. The van der Waals surface area contributed by atoms with Crippen molar-refractivity contribution < 1.29 is 9.21 Å². The molecule has 2 aromatic rings. The molecule has 0 aliphatic heterocycles. The minimum atomic E-state index is 0.124. The molecule has 2 aromatic heterocycles. The first-order valence-electron chi connectivity index (χ1n) is 9.19. The number of amides is 1. The van der Waals surface area contributed by atoms with Gasteiger partial charge in [0.15, 0.2) is 0 Å². The summed E-state index contributed by atoms with van der Waals surface area (Å²) in [7, 11) is 0. The van der Waals surface area contributed by atoms with Gasteiger partial charge >= 0.3 is 0 Å². The molecule has 1 saturated carbocycles. The highest BCUT2D eigenvalue weighted by Gasteiger charge is 2.24. The summed E-state index contributed by atoms with van der Waals surface area (Å²) in [6, 6.07) is 8.47. The van der Waals surface area contributed by atoms with E-state index in [1.807, 2.05) is 12.1 Å². The summed E-state index contributed by atoms with van der Waals surface area (Å²) in [6.07, 6.45) is 6.52. The highest BCUT2D eigenvalue weighted by Crippen LogP contribution is 2.24. The van der Waals surface area contributed by atoms with Gasteiger partial charge in [0.2, 0.25) is 5.91 Å². The average Bonchev–Trinajstić information content (AvgIpc) is 3.21. The van der Waals surface area contributed by atoms with Crippen LogP contribution >= 0.6 is 11.3 Å². The number of furan rings is 1. The van der Waals surface area contributed by atoms with Crippen LogP contribution in [0.3, 0.4) is 0 Å². The van der Waals surface area contributed by atoms with Crippen LogP contribution in [0.15, 0.2) is 34.9 Å². The lowest BCUT2D eigenvalue weighted by atomic mass is 9.86. The molecular weight excluding hydrogens is 332 g/mol. The number of nitrogens with zero attached hydrogens (tertiary/aromatic N) is 1. The fourth-order valence-corrected chi connectivity index (χ4v) is 4.50. The summed E-state index contributed by atoms with van der Waals surface area (Å²) in [5.74, 6) is 1.60. The van der Waals surface area contributed by atoms with Crippen LogP contribution in [0.1, 0.15) is 48.1 Å². The minimum Gasteiger partial charge on any atom is -0.468 e. The molecule has 2 atom stereocenters. The molecule has 2 heterocycles. The topological polar surface area (TPSA) is 45.5 Å². The van der Waals surface area contributed by atoms with Crippen LogP contribution in [0.4, 0.5) is 0 Å². The Bertz CT molecular complexity index is 665. The second kappa shape index (κ2) is 8.68. The molecule has 1 aliphatic rings. The van der Waals surface area contributed by atoms with Gasteiger partial charge in [-0.3, -0.25) is 9.69 Å². The Hall–Kier alpha value is -1.59. The predicted molar refractivity (Wildman–Crippen MR) is 101 cm³/mol. The minimum absolute atomic E-state index is 0.124. The van der Waals surface area contributed by atoms with Crippen LogP contribution in [0.25, 0.3) is 0 Å². The Labute approximate surface area is 154 Å². The van der Waals surface area contributed by atoms with E-state index in [9.17, 15) is 4.79 Å². The Kier molecular flexibility index (Phi) is 6.32. The highest BCUT2D eigenvalue weighted by atomic mass is 32.1. The fourth-order valence-electron chi connectivity index (χ4n) is 3.57. The Balaban J connectivity index is 1.60. The number of rotatable bonds is 7. The monoisotopic (exact) mass is 360 g/mol. The van der Waals surface area contributed by atoms with Crippen molar-refractivity contribution >= 4 is 17.2 Å². The molecule has 1 amide bonds. The Morgan fingerprint density at radius 1 is 1.28 bits per heavy atom. The molecular formula is C20H28N2O2S. The van der Waals surface area contributed by atoms with Crippen molar-refractivity contribution in [2.24, 2.45) is 5.92 Å². The summed E-state index contributed by atoms with van der Waals surface area (Å²) in [5.41, 5.74) is 0. The molecule has 0 bridgehead atoms. The third-order valence-corrected chi connectivity index (χ3v) is 5.95. The first kappa shape index (κ1) is 18.2. The molecule has 136 valence electrons. The number of carbonyl (C=O) groups is 1. The van der Waals surface area contributed by atoms with Crippen molar-refractivity contribution in [3.63, 3.8) is 0 Å². The van der Waals surface area contributed by atoms with E-state index in [0.29, 0.717) is 25.0 Å². The maximum atomic E-state index is 12.6. The smallest absolute Gasteiger partial charge is 0.234 e. The second-order valence-corrected chi connectivity index (χ2v) is 8.55. The van der Waals surface area contributed by atoms with Gasteiger partial charge < -0.3 is 9.73 Å². The molecule has 0 aromatic carbocycles. The number of thiophene rings is 1. The standard InChI is InChI=1S/C20H28N2O2S/c1-15-6-3-4-8-19(15)21-20(23)14-22(12-17-7-5-11-24-17)13-18-10-9-16(2)25-18/h5,7,9-11,15,19H,3-4,6,8,12-14H2,1-2H3,(H,21,23). The third-order valence-electron chi connectivity index (χ3n) is 4.96. The summed E-state index contributed by atoms with van der Waals surface area (Å²) in [4.78, 5) is 17.4. The fraction of sp³-hybridized carbons (Fsp3) is 0.550. The predicted octanol–water partition coefficient (Wildman–Crippen LogP) is 4.35. The van der Waals surface area contributed by atoms with Gasteiger partial charge in [0, 0.05) is 22.3 Å². The van der Waals surface area contributed by atoms with Gasteiger partial charge in [-0.1, -0.05) is 19.8 Å². The van der Waals surface area contributed by atoms with E-state index in [-0.39, 0.29) is 5.91 Å². The zero-order chi connectivity index (χ0) is 17.6. The lowest BCUT2D eigenvalue weighted by molar-refractivity contribution is -0.123. The van der Waals surface area contributed by atoms with Gasteiger partial charge in [0.05, 0.1) is 19.4 Å². The van der Waals surface area contributed by atoms with Gasteiger partial charge in [0.25, 0.3) is 0 Å². The van der Waals surface area contributed by atoms with Gasteiger partial charge in [-0.25, -0.2) is 0 Å². The molecule has 2 unspecified atom stereocenters. The van der Waals surface area contributed by atoms with Crippen LogP contribution in [0, 0.1) is 12.8 Å². The number of hydrogen-bond acceptors (Lipinski definition) is 4. The molecule has 0 radical (unpaired) electrons. The van der Waals surface area contributed by atoms with E-state index in [1.54, 1.807) is 17.6 Å². The molecule has 5 heteroatoms. The van der Waals surface area contributed by atoms with Gasteiger partial charge in [0.1, 0.15) is 5.76 Å². The summed E-state index contributed by atoms with van der Waals surface area (Å²) >= 11 is 1.79. The van der Waals surface area contributed by atoms with Gasteiger partial charge in [-0.15, -0.1) is 11.3 Å². The summed E-state index contributed by atoms with van der Waals surface area (Å²) in [5, 5.41) is 3.26. The number of nitrogens with one attached hydrogen (secondary N) is 1. The average molecular weight is 361 g/mol. The zero-order valence-corrected chi connectivity index (χ0v) is 16.0. The molecule has 3 rings (SSSR count). The lowest BCUT2D eigenvalue weighted by Crippen LogP contribution is -2.45. The summed E-state index contributed by atoms with van der Waals surface area (Å²) in [6.45, 7) is 6.19. The number of carbonyl (C=O) groups excluding carboxylic acids is 1. The number of hydrogen-bond donors (Lipinski definition) is 1. The lowest BCUT2D eigenvalue weighted by Gasteiger charge is -2.30. The largest absolute Gasteiger partial charge is 0.468 e. The van der Waals surface area contributed by atoms with Gasteiger partial charge in [-0.05, 0) is 49.9 Å². The van der Waals surface area contributed by atoms with Crippen molar-refractivity contribution in [1.29, 1.82) is 0 Å². The molecule has 0 spiro atoms. The molecule has 0 saturated heterocycles. The Morgan fingerprint density at radius 3 is 2.80 bits per heavy atom. The second-order valence-electron chi connectivity index (χ2n) is 7.17. The van der Waals surface area contributed by atoms with E-state index in [2.05, 4.69) is 36.2 Å². The van der Waals surface area contributed by atoms with Crippen LogP contribution in [-0.2, 0) is 17.9 Å². The summed E-state index contributed by atoms with van der Waals surface area (Å²) < 4.78 is 5.49. The van der Waals surface area contributed by atoms with Crippen molar-refractivity contribution in [2.75, 3.05) is 6.54 Å². The van der Waals surface area contributed by atoms with Crippen molar-refractivity contribution in [3.05, 3.63) is 46.0 Å². The quantitative estimate of drug-likeness (QED) is 0.798. The van der Waals surface area contributed by atoms with Crippen molar-refractivity contribution in [1.82, 2.24) is 10.2 Å². The molecule has 4 nitrogen and oxygen atoms in total. The molecule has 1 fully saturated rings. The van der Waals surface area contributed by atoms with Crippen LogP contribution in [0.5, 0.6) is 0 Å². The van der Waals surface area contributed by atoms with E-state index < -0.39 is 0 Å². The van der Waals surface area contributed by atoms with E-state index in [1.165, 1.54) is 29.0 Å². The van der Waals surface area contributed by atoms with E-state index in [0.717, 1.165) is 18.7 Å². The van der Waals surface area contributed by atoms with E-state index in [4.69, 9.17) is 4.42 Å². The normalized spacial score (nSPS) is 20.8. The zero-order valence-electron chi connectivity index (χ0n) is 15.2. The molecule has 25 heavy (non-hydrogen) atoms. The van der Waals surface area contributed by atoms with Crippen molar-refractivity contribution in [2.45, 2.75) is 58.7 Å².